The number of nitrogens with zero attached hydrogens (tertiary/aromatic N) is 2. The van der Waals surface area contributed by atoms with Crippen LogP contribution in [0.15, 0.2) is 36.4 Å². The Morgan fingerprint density at radius 1 is 0.714 bits per heavy atom. The molecule has 0 aromatic carbocycles. The van der Waals surface area contributed by atoms with Gasteiger partial charge in [-0.1, -0.05) is 39.8 Å². The fourth-order valence-electron chi connectivity index (χ4n) is 2.37. The number of hydrogen-bond acceptors (Lipinski definition) is 2. The highest BCUT2D eigenvalue weighted by Crippen LogP contribution is 2.30. The van der Waals surface area contributed by atoms with E-state index in [1.807, 2.05) is 0 Å². The minimum absolute atomic E-state index is 0.185. The van der Waals surface area contributed by atoms with Crippen molar-refractivity contribution in [1.29, 1.82) is 0 Å². The van der Waals surface area contributed by atoms with Gasteiger partial charge in [0.15, 0.2) is 0 Å². The van der Waals surface area contributed by atoms with Crippen molar-refractivity contribution in [3.63, 3.8) is 0 Å². The zero-order valence-electron chi connectivity index (χ0n) is 14.0. The van der Waals surface area contributed by atoms with E-state index in [-0.39, 0.29) is 5.41 Å². The number of rotatable bonds is 4. The summed E-state index contributed by atoms with van der Waals surface area (Å²) in [6.07, 6.45) is 0. The topological polar surface area (TPSA) is 25.8 Å². The number of hydrogen-bond donors (Lipinski definition) is 0. The van der Waals surface area contributed by atoms with Crippen molar-refractivity contribution >= 4 is 0 Å². The second-order valence-corrected chi connectivity index (χ2v) is 6.83. The largest absolute Gasteiger partial charge is 0.257 e. The van der Waals surface area contributed by atoms with Crippen molar-refractivity contribution in [2.24, 2.45) is 0 Å². The minimum atomic E-state index is -0.185. The smallest absolute Gasteiger partial charge is 0.0522 e. The van der Waals surface area contributed by atoms with E-state index in [1.54, 1.807) is 0 Å². The Labute approximate surface area is 128 Å². The van der Waals surface area contributed by atoms with Gasteiger partial charge in [0.25, 0.3) is 0 Å². The molecule has 2 aromatic heterocycles. The third kappa shape index (κ3) is 3.31. The van der Waals surface area contributed by atoms with Crippen molar-refractivity contribution in [2.75, 3.05) is 0 Å². The van der Waals surface area contributed by atoms with E-state index in [0.717, 1.165) is 22.8 Å². The van der Waals surface area contributed by atoms with Gasteiger partial charge >= 0.3 is 0 Å². The molecule has 0 radical (unpaired) electrons. The van der Waals surface area contributed by atoms with Gasteiger partial charge in [-0.05, 0) is 49.9 Å². The van der Waals surface area contributed by atoms with Crippen LogP contribution in [-0.2, 0) is 5.41 Å². The monoisotopic (exact) mass is 282 g/mol. The predicted octanol–water partition coefficient (Wildman–Crippen LogP) is 5.05. The highest BCUT2D eigenvalue weighted by Gasteiger charge is 2.27. The molecule has 0 aliphatic rings. The van der Waals surface area contributed by atoms with Crippen LogP contribution < -0.4 is 0 Å². The summed E-state index contributed by atoms with van der Waals surface area (Å²) in [5, 5.41) is 0. The second kappa shape index (κ2) is 5.97. The summed E-state index contributed by atoms with van der Waals surface area (Å²) >= 11 is 0. The highest BCUT2D eigenvalue weighted by molar-refractivity contribution is 5.31. The van der Waals surface area contributed by atoms with Crippen LogP contribution in [0.5, 0.6) is 0 Å². The van der Waals surface area contributed by atoms with Crippen LogP contribution in [0.2, 0.25) is 0 Å². The van der Waals surface area contributed by atoms with Gasteiger partial charge in [-0.15, -0.1) is 0 Å². The molecule has 21 heavy (non-hydrogen) atoms. The molecular formula is C19H26N2. The summed E-state index contributed by atoms with van der Waals surface area (Å²) in [6, 6.07) is 12.6. The van der Waals surface area contributed by atoms with E-state index in [9.17, 15) is 0 Å². The van der Waals surface area contributed by atoms with Gasteiger partial charge in [0.1, 0.15) is 0 Å². The Kier molecular flexibility index (Phi) is 4.46. The Bertz CT molecular complexity index is 559. The van der Waals surface area contributed by atoms with E-state index < -0.39 is 0 Å². The van der Waals surface area contributed by atoms with Gasteiger partial charge in [0.2, 0.25) is 0 Å². The average molecular weight is 282 g/mol. The SMILES string of the molecule is CC(C)c1cccc(C(C)(C)c2cccc(C(C)C)n2)n1. The Morgan fingerprint density at radius 3 is 1.43 bits per heavy atom. The molecule has 0 aliphatic heterocycles. The Hall–Kier alpha value is -1.70. The van der Waals surface area contributed by atoms with Gasteiger partial charge in [-0.25, -0.2) is 0 Å². The molecule has 0 N–H and O–H groups in total. The predicted molar refractivity (Wildman–Crippen MR) is 88.8 cm³/mol. The summed E-state index contributed by atoms with van der Waals surface area (Å²) < 4.78 is 0. The average Bonchev–Trinajstić information content (AvgIpc) is 2.47. The molecule has 2 heteroatoms. The maximum absolute atomic E-state index is 4.85. The molecular weight excluding hydrogens is 256 g/mol. The molecule has 2 heterocycles. The summed E-state index contributed by atoms with van der Waals surface area (Å²) in [5.41, 5.74) is 4.26. The van der Waals surface area contributed by atoms with Gasteiger partial charge in [-0.2, -0.15) is 0 Å². The standard InChI is InChI=1S/C19H26N2/c1-13(2)15-9-7-11-17(20-15)19(5,6)18-12-8-10-16(21-18)14(3)4/h7-14H,1-6H3. The zero-order chi connectivity index (χ0) is 15.6. The molecule has 0 amide bonds. The first-order valence-electron chi connectivity index (χ1n) is 7.77. The molecule has 2 rings (SSSR count). The van der Waals surface area contributed by atoms with Gasteiger partial charge in [0.05, 0.1) is 11.4 Å². The van der Waals surface area contributed by atoms with Crippen LogP contribution in [-0.4, -0.2) is 9.97 Å². The number of aromatic nitrogens is 2. The molecule has 2 nitrogen and oxygen atoms in total. The molecule has 0 aliphatic carbocycles. The fourth-order valence-corrected chi connectivity index (χ4v) is 2.37. The molecule has 112 valence electrons. The van der Waals surface area contributed by atoms with Crippen molar-refractivity contribution in [2.45, 2.75) is 58.8 Å². The summed E-state index contributed by atoms with van der Waals surface area (Å²) in [6.45, 7) is 13.1. The Balaban J connectivity index is 2.46. The van der Waals surface area contributed by atoms with Crippen molar-refractivity contribution < 1.29 is 0 Å². The van der Waals surface area contributed by atoms with E-state index in [4.69, 9.17) is 9.97 Å². The lowest BCUT2D eigenvalue weighted by Gasteiger charge is -2.25. The van der Waals surface area contributed by atoms with E-state index in [0.29, 0.717) is 11.8 Å². The minimum Gasteiger partial charge on any atom is -0.257 e. The summed E-state index contributed by atoms with van der Waals surface area (Å²) in [4.78, 5) is 9.71. The van der Waals surface area contributed by atoms with Crippen LogP contribution in [0.4, 0.5) is 0 Å². The van der Waals surface area contributed by atoms with Crippen molar-refractivity contribution in [3.05, 3.63) is 59.2 Å². The van der Waals surface area contributed by atoms with E-state index in [1.165, 1.54) is 0 Å². The van der Waals surface area contributed by atoms with Crippen LogP contribution in [0.25, 0.3) is 0 Å². The van der Waals surface area contributed by atoms with Gasteiger partial charge < -0.3 is 0 Å². The molecule has 2 aromatic rings. The van der Waals surface area contributed by atoms with E-state index in [2.05, 4.69) is 77.9 Å². The van der Waals surface area contributed by atoms with Crippen LogP contribution in [0, 0.1) is 0 Å². The lowest BCUT2D eigenvalue weighted by molar-refractivity contribution is 0.582. The van der Waals surface area contributed by atoms with Crippen molar-refractivity contribution in [3.8, 4) is 0 Å². The first kappa shape index (κ1) is 15.7. The molecule has 0 unspecified atom stereocenters. The molecule has 0 saturated heterocycles. The molecule has 0 saturated carbocycles. The van der Waals surface area contributed by atoms with Gasteiger partial charge in [-0.3, -0.25) is 9.97 Å². The Morgan fingerprint density at radius 2 is 1.10 bits per heavy atom. The highest BCUT2D eigenvalue weighted by atomic mass is 14.8. The maximum Gasteiger partial charge on any atom is 0.0522 e. The molecule has 0 atom stereocenters. The summed E-state index contributed by atoms with van der Waals surface area (Å²) in [5.74, 6) is 0.881. The van der Waals surface area contributed by atoms with Crippen molar-refractivity contribution in [1.82, 2.24) is 9.97 Å². The lowest BCUT2D eigenvalue weighted by Crippen LogP contribution is -2.23. The number of pyridine rings is 2. The third-order valence-electron chi connectivity index (χ3n) is 4.01. The van der Waals surface area contributed by atoms with Crippen LogP contribution in [0.1, 0.15) is 76.2 Å². The third-order valence-corrected chi connectivity index (χ3v) is 4.01. The molecule has 0 bridgehead atoms. The van der Waals surface area contributed by atoms with E-state index >= 15 is 0 Å². The van der Waals surface area contributed by atoms with Crippen LogP contribution >= 0.6 is 0 Å². The normalized spacial score (nSPS) is 12.2. The quantitative estimate of drug-likeness (QED) is 0.784. The zero-order valence-corrected chi connectivity index (χ0v) is 14.0. The lowest BCUT2D eigenvalue weighted by atomic mass is 9.84. The van der Waals surface area contributed by atoms with Crippen LogP contribution in [0.3, 0.4) is 0 Å². The molecule has 0 spiro atoms. The summed E-state index contributed by atoms with van der Waals surface area (Å²) in [7, 11) is 0. The first-order valence-corrected chi connectivity index (χ1v) is 7.77. The molecule has 0 fully saturated rings. The maximum atomic E-state index is 4.85. The second-order valence-electron chi connectivity index (χ2n) is 6.83. The van der Waals surface area contributed by atoms with Gasteiger partial charge in [0, 0.05) is 16.8 Å². The first-order chi connectivity index (χ1) is 9.82. The fraction of sp³-hybridized carbons (Fsp3) is 0.474.